The maximum atomic E-state index is 0. The Morgan fingerprint density at radius 2 is 0.375 bits per heavy atom. The Morgan fingerprint density at radius 1 is 0.375 bits per heavy atom. The van der Waals surface area contributed by atoms with Gasteiger partial charge in [0.05, 0.1) is 0 Å². The summed E-state index contributed by atoms with van der Waals surface area (Å²) in [6.07, 6.45) is 0. The Kier molecular flexibility index (Phi) is 3100. The van der Waals surface area contributed by atoms with E-state index in [1.54, 1.807) is 0 Å². The summed E-state index contributed by atoms with van der Waals surface area (Å²) < 4.78 is 0. The topological polar surface area (TPSA) is 61.0 Å². The van der Waals surface area contributed by atoms with Crippen LogP contribution in [0.1, 0.15) is 0 Å². The molecule has 0 heterocycles. The molecule has 8 heavy (non-hydrogen) atoms. The maximum absolute atomic E-state index is 0. The second kappa shape index (κ2) is 133. The zero-order valence-electron chi connectivity index (χ0n) is 3.30. The van der Waals surface area contributed by atoms with Crippen molar-refractivity contribution in [3.8, 4) is 0 Å². The minimum absolute atomic E-state index is 0. The Bertz CT molecular complexity index is 12.5. The average Bonchev–Trinajstić information content (AvgIpc) is 0. The Labute approximate surface area is 95.7 Å². The monoisotopic (exact) mass is 301 g/mol. The molecule has 55 valence electrons. The number of nitrogens with zero attached hydrogens (tertiary/aromatic N) is 2. The molecule has 0 aromatic rings. The van der Waals surface area contributed by atoms with E-state index in [0.717, 1.165) is 0 Å². The molecule has 2 nitrogen and oxygen atoms in total. The van der Waals surface area contributed by atoms with E-state index in [9.17, 15) is 0 Å². The van der Waals surface area contributed by atoms with Crippen LogP contribution in [0.3, 0.4) is 0 Å². The average molecular weight is 303 g/mol. The van der Waals surface area contributed by atoms with Gasteiger partial charge in [-0.2, -0.15) is 0 Å². The predicted octanol–water partition coefficient (Wildman–Crippen LogP) is -0.573. The molecule has 0 unspecified atom stereocenters. The van der Waals surface area contributed by atoms with E-state index >= 15 is 0 Å². The SMILES string of the molecule is [Cu+2].[Cu+2].[Cu+2].[N-3].[N-3].[Si].[Si].[Si]. The van der Waals surface area contributed by atoms with Gasteiger partial charge in [0.1, 0.15) is 0 Å². The van der Waals surface area contributed by atoms with E-state index in [2.05, 4.69) is 0 Å². The van der Waals surface area contributed by atoms with Crippen LogP contribution in [0.15, 0.2) is 0 Å². The van der Waals surface area contributed by atoms with Gasteiger partial charge in [-0.3, -0.25) is 0 Å². The molecule has 0 N–H and O–H groups in total. The number of rotatable bonds is 0. The zero-order chi connectivity index (χ0) is 0. The summed E-state index contributed by atoms with van der Waals surface area (Å²) in [6.45, 7) is 0. The fraction of sp³-hybridized carbons (Fsp3) is 0. The van der Waals surface area contributed by atoms with Crippen molar-refractivity contribution in [2.45, 2.75) is 0 Å². The molecule has 0 saturated heterocycles. The van der Waals surface area contributed by atoms with Gasteiger partial charge in [-0.1, -0.05) is 0 Å². The minimum Gasteiger partial charge on any atom is -3.00 e. The standard InChI is InChI=1S/3Cu.2N.3Si/q3*+2;2*-3;;;. The van der Waals surface area contributed by atoms with Gasteiger partial charge in [0.2, 0.25) is 0 Å². The number of hydrogen-bond acceptors (Lipinski definition) is 0. The molecule has 0 bridgehead atoms. The van der Waals surface area contributed by atoms with Crippen LogP contribution in [0, 0.1) is 0 Å². The third kappa shape index (κ3) is 91.1. The van der Waals surface area contributed by atoms with Crippen LogP contribution in [-0.4, -0.2) is 32.9 Å². The summed E-state index contributed by atoms with van der Waals surface area (Å²) >= 11 is 0. The van der Waals surface area contributed by atoms with Crippen LogP contribution in [0.5, 0.6) is 0 Å². The molecule has 0 aliphatic heterocycles. The smallest absolute Gasteiger partial charge is 2.00 e. The van der Waals surface area contributed by atoms with Crippen molar-refractivity contribution >= 4 is 32.9 Å². The Morgan fingerprint density at radius 3 is 0.375 bits per heavy atom. The van der Waals surface area contributed by atoms with Crippen LogP contribution < -0.4 is 0 Å². The Hall–Kier alpha value is 2.13. The first-order valence-corrected chi connectivity index (χ1v) is 0. The Balaban J connectivity index is 0. The summed E-state index contributed by atoms with van der Waals surface area (Å²) in [6, 6.07) is 0. The molecular weight excluding hydrogens is 303 g/mol. The van der Waals surface area contributed by atoms with Crippen LogP contribution in [-0.2, 0) is 51.2 Å². The fourth-order valence-corrected chi connectivity index (χ4v) is 0. The fourth-order valence-electron chi connectivity index (χ4n) is 0. The summed E-state index contributed by atoms with van der Waals surface area (Å²) in [7, 11) is 0. The molecule has 0 aliphatic rings. The van der Waals surface area contributed by atoms with E-state index < -0.39 is 0 Å². The summed E-state index contributed by atoms with van der Waals surface area (Å²) in [5.41, 5.74) is 0. The normalized spacial score (nSPS) is 0. The first-order valence-electron chi connectivity index (χ1n) is 0. The van der Waals surface area contributed by atoms with E-state index in [4.69, 9.17) is 0 Å². The molecule has 0 aliphatic carbocycles. The van der Waals surface area contributed by atoms with Crippen LogP contribution in [0.25, 0.3) is 12.3 Å². The quantitative estimate of drug-likeness (QED) is 0.538. The van der Waals surface area contributed by atoms with Gasteiger partial charge in [0.25, 0.3) is 0 Å². The van der Waals surface area contributed by atoms with E-state index in [0.29, 0.717) is 0 Å². The van der Waals surface area contributed by atoms with Crippen molar-refractivity contribution in [2.75, 3.05) is 0 Å². The molecule has 0 rings (SSSR count). The molecule has 0 fully saturated rings. The van der Waals surface area contributed by atoms with Crippen molar-refractivity contribution in [1.29, 1.82) is 0 Å². The van der Waals surface area contributed by atoms with Crippen molar-refractivity contribution in [1.82, 2.24) is 0 Å². The van der Waals surface area contributed by atoms with Gasteiger partial charge in [-0.15, -0.1) is 0 Å². The second-order valence-electron chi connectivity index (χ2n) is 0. The van der Waals surface area contributed by atoms with Gasteiger partial charge in [-0.25, -0.2) is 0 Å². The molecule has 0 saturated carbocycles. The van der Waals surface area contributed by atoms with Crippen LogP contribution >= 0.6 is 0 Å². The predicted molar refractivity (Wildman–Crippen MR) is 24.0 cm³/mol. The van der Waals surface area contributed by atoms with E-state index in [1.807, 2.05) is 0 Å². The third-order valence-corrected chi connectivity index (χ3v) is 0. The molecule has 0 amide bonds. The second-order valence-corrected chi connectivity index (χ2v) is 0. The molecule has 0 aromatic heterocycles. The van der Waals surface area contributed by atoms with Crippen LogP contribution in [0.2, 0.25) is 0 Å². The maximum Gasteiger partial charge on any atom is 2.00 e. The van der Waals surface area contributed by atoms with Crippen molar-refractivity contribution in [2.24, 2.45) is 0 Å². The van der Waals surface area contributed by atoms with Gasteiger partial charge >= 0.3 is 51.2 Å². The summed E-state index contributed by atoms with van der Waals surface area (Å²) in [4.78, 5) is 0. The van der Waals surface area contributed by atoms with Gasteiger partial charge in [-0.05, 0) is 0 Å². The third-order valence-electron chi connectivity index (χ3n) is 0. The van der Waals surface area contributed by atoms with Gasteiger partial charge in [0.15, 0.2) is 0 Å². The minimum atomic E-state index is 0. The van der Waals surface area contributed by atoms with Gasteiger partial charge < -0.3 is 12.3 Å². The van der Waals surface area contributed by atoms with Crippen molar-refractivity contribution in [3.05, 3.63) is 12.3 Å². The molecule has 8 heteroatoms. The first kappa shape index (κ1) is 186. The van der Waals surface area contributed by atoms with Crippen molar-refractivity contribution < 1.29 is 51.2 Å². The molecule has 0 aromatic carbocycles. The van der Waals surface area contributed by atoms with Crippen LogP contribution in [0.4, 0.5) is 0 Å². The molecule has 15 radical (unpaired) electrons. The summed E-state index contributed by atoms with van der Waals surface area (Å²) in [5, 5.41) is 0. The largest absolute Gasteiger partial charge is 3.00 e. The van der Waals surface area contributed by atoms with Gasteiger partial charge in [0, 0.05) is 32.9 Å². The molecular formula is Cu3N2Si3. The van der Waals surface area contributed by atoms with Crippen molar-refractivity contribution in [3.63, 3.8) is 0 Å². The molecule has 0 spiro atoms. The molecule has 0 atom stereocenters. The summed E-state index contributed by atoms with van der Waals surface area (Å²) in [5.74, 6) is 0. The zero-order valence-corrected chi connectivity index (χ0v) is 9.12. The first-order chi connectivity index (χ1) is 0. The number of hydrogen-bond donors (Lipinski definition) is 0. The van der Waals surface area contributed by atoms with E-state index in [1.165, 1.54) is 0 Å². The van der Waals surface area contributed by atoms with E-state index in [-0.39, 0.29) is 96.4 Å².